The van der Waals surface area contributed by atoms with E-state index < -0.39 is 11.7 Å². The molecule has 2 rings (SSSR count). The molecule has 0 saturated carbocycles. The van der Waals surface area contributed by atoms with E-state index in [2.05, 4.69) is 0 Å². The van der Waals surface area contributed by atoms with E-state index in [0.29, 0.717) is 6.42 Å². The normalized spacial score (nSPS) is 11.5. The summed E-state index contributed by atoms with van der Waals surface area (Å²) in [4.78, 5) is 0. The average molecular weight is 340 g/mol. The lowest BCUT2D eigenvalue weighted by atomic mass is 10.1. The molecule has 0 radical (unpaired) electrons. The van der Waals surface area contributed by atoms with Crippen molar-refractivity contribution in [2.24, 2.45) is 0 Å². The van der Waals surface area contributed by atoms with E-state index >= 15 is 0 Å². The summed E-state index contributed by atoms with van der Waals surface area (Å²) in [7, 11) is 0. The zero-order chi connectivity index (χ0) is 17.4. The van der Waals surface area contributed by atoms with Crippen LogP contribution in [0.15, 0.2) is 48.5 Å². The Morgan fingerprint density at radius 2 is 1.46 bits per heavy atom. The molecule has 0 fully saturated rings. The first-order valence-electron chi connectivity index (χ1n) is 8.00. The molecule has 0 amide bonds. The Kier molecular flexibility index (Phi) is 6.64. The molecule has 0 bridgehead atoms. The van der Waals surface area contributed by atoms with Gasteiger partial charge in [0.05, 0.1) is 12.2 Å². The third kappa shape index (κ3) is 5.87. The zero-order valence-corrected chi connectivity index (χ0v) is 13.3. The lowest BCUT2D eigenvalue weighted by molar-refractivity contribution is -0.138. The van der Waals surface area contributed by atoms with E-state index in [1.165, 1.54) is 30.3 Å². The van der Waals surface area contributed by atoms with Crippen LogP contribution in [0, 0.1) is 5.82 Å². The predicted octanol–water partition coefficient (Wildman–Crippen LogP) is 6.03. The Bertz CT molecular complexity index is 620. The largest absolute Gasteiger partial charge is 0.493 e. The van der Waals surface area contributed by atoms with Crippen LogP contribution in [0.25, 0.3) is 0 Å². The maximum Gasteiger partial charge on any atom is 0.419 e. The highest BCUT2D eigenvalue weighted by atomic mass is 19.4. The van der Waals surface area contributed by atoms with Gasteiger partial charge in [-0.25, -0.2) is 4.39 Å². The van der Waals surface area contributed by atoms with Crippen LogP contribution in [-0.4, -0.2) is 6.61 Å². The Hall–Kier alpha value is -2.04. The molecule has 5 heteroatoms. The first-order valence-corrected chi connectivity index (χ1v) is 8.00. The maximum atomic E-state index is 12.8. The monoisotopic (exact) mass is 340 g/mol. The third-order valence-corrected chi connectivity index (χ3v) is 3.72. The molecule has 0 aromatic heterocycles. The summed E-state index contributed by atoms with van der Waals surface area (Å²) in [5.74, 6) is -0.355. The molecule has 0 heterocycles. The van der Waals surface area contributed by atoms with Crippen LogP contribution in [0.2, 0.25) is 0 Å². The molecule has 0 aliphatic carbocycles. The van der Waals surface area contributed by atoms with Gasteiger partial charge in [-0.1, -0.05) is 37.1 Å². The van der Waals surface area contributed by atoms with Crippen LogP contribution < -0.4 is 4.74 Å². The van der Waals surface area contributed by atoms with Gasteiger partial charge in [-0.3, -0.25) is 0 Å². The Morgan fingerprint density at radius 1 is 0.792 bits per heavy atom. The van der Waals surface area contributed by atoms with Crippen LogP contribution >= 0.6 is 0 Å². The SMILES string of the molecule is Fc1ccc(CCCCCCOc2ccccc2C(F)(F)F)cc1. The molecule has 0 atom stereocenters. The van der Waals surface area contributed by atoms with E-state index in [1.807, 2.05) is 0 Å². The third-order valence-electron chi connectivity index (χ3n) is 3.72. The fourth-order valence-electron chi connectivity index (χ4n) is 2.44. The molecule has 0 unspecified atom stereocenters. The van der Waals surface area contributed by atoms with Crippen molar-refractivity contribution in [1.29, 1.82) is 0 Å². The van der Waals surface area contributed by atoms with Crippen LogP contribution in [0.3, 0.4) is 0 Å². The average Bonchev–Trinajstić information content (AvgIpc) is 2.55. The van der Waals surface area contributed by atoms with Crippen molar-refractivity contribution in [2.45, 2.75) is 38.3 Å². The number of aryl methyl sites for hydroxylation is 1. The van der Waals surface area contributed by atoms with E-state index in [-0.39, 0.29) is 18.2 Å². The second-order valence-corrected chi connectivity index (χ2v) is 5.63. The molecule has 0 N–H and O–H groups in total. The predicted molar refractivity (Wildman–Crippen MR) is 85.5 cm³/mol. The van der Waals surface area contributed by atoms with Crippen LogP contribution in [0.4, 0.5) is 17.6 Å². The highest BCUT2D eigenvalue weighted by Crippen LogP contribution is 2.35. The highest BCUT2D eigenvalue weighted by Gasteiger charge is 2.33. The number of benzene rings is 2. The fourth-order valence-corrected chi connectivity index (χ4v) is 2.44. The summed E-state index contributed by atoms with van der Waals surface area (Å²) < 4.78 is 56.5. The second-order valence-electron chi connectivity index (χ2n) is 5.63. The van der Waals surface area contributed by atoms with Crippen molar-refractivity contribution in [3.63, 3.8) is 0 Å². The number of halogens is 4. The number of unbranched alkanes of at least 4 members (excludes halogenated alkanes) is 3. The molecule has 2 aromatic rings. The number of ether oxygens (including phenoxy) is 1. The second kappa shape index (κ2) is 8.71. The van der Waals surface area contributed by atoms with Gasteiger partial charge in [0.15, 0.2) is 0 Å². The molecule has 0 spiro atoms. The molecular weight excluding hydrogens is 320 g/mol. The highest BCUT2D eigenvalue weighted by molar-refractivity contribution is 5.35. The van der Waals surface area contributed by atoms with Gasteiger partial charge >= 0.3 is 6.18 Å². The number of hydrogen-bond donors (Lipinski definition) is 0. The number of para-hydroxylation sites is 1. The van der Waals surface area contributed by atoms with Crippen molar-refractivity contribution in [3.05, 3.63) is 65.5 Å². The minimum atomic E-state index is -4.40. The molecule has 0 saturated heterocycles. The summed E-state index contributed by atoms with van der Waals surface area (Å²) in [5.41, 5.74) is 0.355. The van der Waals surface area contributed by atoms with Crippen LogP contribution in [0.1, 0.15) is 36.8 Å². The first kappa shape index (κ1) is 18.3. The van der Waals surface area contributed by atoms with Gasteiger partial charge < -0.3 is 4.74 Å². The summed E-state index contributed by atoms with van der Waals surface area (Å²) in [6.07, 6.45) is -0.0127. The summed E-state index contributed by atoms with van der Waals surface area (Å²) in [6, 6.07) is 11.7. The van der Waals surface area contributed by atoms with Crippen molar-refractivity contribution < 1.29 is 22.3 Å². The van der Waals surface area contributed by atoms with Gasteiger partial charge in [-0.2, -0.15) is 13.2 Å². The summed E-state index contributed by atoms with van der Waals surface area (Å²) in [6.45, 7) is 0.268. The lowest BCUT2D eigenvalue weighted by Crippen LogP contribution is -2.09. The smallest absolute Gasteiger partial charge is 0.419 e. The van der Waals surface area contributed by atoms with Gasteiger partial charge in [0.25, 0.3) is 0 Å². The zero-order valence-electron chi connectivity index (χ0n) is 13.3. The summed E-state index contributed by atoms with van der Waals surface area (Å²) >= 11 is 0. The molecule has 0 aliphatic heterocycles. The van der Waals surface area contributed by atoms with Gasteiger partial charge in [-0.15, -0.1) is 0 Å². The number of hydrogen-bond acceptors (Lipinski definition) is 1. The number of alkyl halides is 3. The van der Waals surface area contributed by atoms with Crippen molar-refractivity contribution in [3.8, 4) is 5.75 Å². The minimum Gasteiger partial charge on any atom is -0.493 e. The molecule has 24 heavy (non-hydrogen) atoms. The standard InChI is InChI=1S/C19H20F4O/c20-16-12-10-15(11-13-16)7-3-1-2-6-14-24-18-9-5-4-8-17(18)19(21,22)23/h4-5,8-13H,1-3,6-7,14H2. The van der Waals surface area contributed by atoms with Crippen molar-refractivity contribution in [2.75, 3.05) is 6.61 Å². The van der Waals surface area contributed by atoms with Gasteiger partial charge in [0, 0.05) is 0 Å². The van der Waals surface area contributed by atoms with E-state index in [1.54, 1.807) is 12.1 Å². The topological polar surface area (TPSA) is 9.23 Å². The number of rotatable bonds is 8. The molecule has 2 aromatic carbocycles. The summed E-state index contributed by atoms with van der Waals surface area (Å²) in [5, 5.41) is 0. The van der Waals surface area contributed by atoms with Crippen LogP contribution in [-0.2, 0) is 12.6 Å². The van der Waals surface area contributed by atoms with E-state index in [9.17, 15) is 17.6 Å². The van der Waals surface area contributed by atoms with Crippen LogP contribution in [0.5, 0.6) is 5.75 Å². The Morgan fingerprint density at radius 3 is 2.17 bits per heavy atom. The molecule has 1 nitrogen and oxygen atoms in total. The van der Waals surface area contributed by atoms with Crippen molar-refractivity contribution >= 4 is 0 Å². The van der Waals surface area contributed by atoms with Gasteiger partial charge in [0.1, 0.15) is 11.6 Å². The fraction of sp³-hybridized carbons (Fsp3) is 0.368. The Labute approximate surface area is 139 Å². The minimum absolute atomic E-state index is 0.115. The molecule has 130 valence electrons. The van der Waals surface area contributed by atoms with Crippen molar-refractivity contribution in [1.82, 2.24) is 0 Å². The Balaban J connectivity index is 1.64. The molecular formula is C19H20F4O. The van der Waals surface area contributed by atoms with Gasteiger partial charge in [0.2, 0.25) is 0 Å². The van der Waals surface area contributed by atoms with E-state index in [0.717, 1.165) is 37.3 Å². The first-order chi connectivity index (χ1) is 11.5. The lowest BCUT2D eigenvalue weighted by Gasteiger charge is -2.13. The maximum absolute atomic E-state index is 12.8. The quantitative estimate of drug-likeness (QED) is 0.421. The molecule has 0 aliphatic rings. The van der Waals surface area contributed by atoms with Gasteiger partial charge in [-0.05, 0) is 49.1 Å². The van der Waals surface area contributed by atoms with E-state index in [4.69, 9.17) is 4.74 Å².